The molecule has 0 amide bonds. The second-order valence-electron chi connectivity index (χ2n) is 2.93. The van der Waals surface area contributed by atoms with E-state index in [4.69, 9.17) is 5.21 Å². The smallest absolute Gasteiger partial charge is 0.0898 e. The lowest BCUT2D eigenvalue weighted by molar-refractivity contribution is 0.321. The number of aromatic nitrogens is 1. The Labute approximate surface area is 75.9 Å². The maximum Gasteiger partial charge on any atom is 0.0898 e. The molecule has 0 saturated carbocycles. The highest BCUT2D eigenvalue weighted by Crippen LogP contribution is 2.16. The standard InChI is InChI=1S/C10H10N2O/c1-12-9(7-11-13)6-8-4-2-3-5-10(8)12/h2-7,13H,1H3/b11-7-. The number of rotatable bonds is 1. The van der Waals surface area contributed by atoms with Gasteiger partial charge in [0.15, 0.2) is 0 Å². The molecule has 0 fully saturated rings. The summed E-state index contributed by atoms with van der Waals surface area (Å²) < 4.78 is 1.98. The van der Waals surface area contributed by atoms with Crippen LogP contribution >= 0.6 is 0 Å². The quantitative estimate of drug-likeness (QED) is 0.400. The fourth-order valence-electron chi connectivity index (χ4n) is 1.49. The van der Waals surface area contributed by atoms with Gasteiger partial charge in [-0.3, -0.25) is 0 Å². The van der Waals surface area contributed by atoms with Crippen molar-refractivity contribution in [1.29, 1.82) is 0 Å². The third kappa shape index (κ3) is 1.18. The summed E-state index contributed by atoms with van der Waals surface area (Å²) in [5, 5.41) is 12.6. The van der Waals surface area contributed by atoms with Crippen LogP contribution in [0.3, 0.4) is 0 Å². The van der Waals surface area contributed by atoms with Crippen LogP contribution in [0.15, 0.2) is 35.5 Å². The molecule has 0 aliphatic heterocycles. The zero-order valence-electron chi connectivity index (χ0n) is 7.31. The highest BCUT2D eigenvalue weighted by molar-refractivity contribution is 5.90. The average molecular weight is 174 g/mol. The summed E-state index contributed by atoms with van der Waals surface area (Å²) in [4.78, 5) is 0. The lowest BCUT2D eigenvalue weighted by atomic mass is 10.2. The molecular formula is C10H10N2O. The minimum atomic E-state index is 0.892. The largest absolute Gasteiger partial charge is 0.411 e. The first-order valence-electron chi connectivity index (χ1n) is 4.05. The molecule has 1 heterocycles. The molecule has 1 N–H and O–H groups in total. The van der Waals surface area contributed by atoms with Gasteiger partial charge in [-0.25, -0.2) is 0 Å². The van der Waals surface area contributed by atoms with Crippen molar-refractivity contribution in [3.05, 3.63) is 36.0 Å². The molecule has 3 heteroatoms. The minimum Gasteiger partial charge on any atom is -0.411 e. The van der Waals surface area contributed by atoms with Crippen molar-refractivity contribution in [1.82, 2.24) is 4.57 Å². The van der Waals surface area contributed by atoms with Crippen LogP contribution in [0.1, 0.15) is 5.69 Å². The number of aryl methyl sites for hydroxylation is 1. The Morgan fingerprint density at radius 2 is 2.15 bits per heavy atom. The van der Waals surface area contributed by atoms with Gasteiger partial charge in [0, 0.05) is 18.0 Å². The monoisotopic (exact) mass is 174 g/mol. The number of hydrogen-bond donors (Lipinski definition) is 1. The van der Waals surface area contributed by atoms with E-state index in [-0.39, 0.29) is 0 Å². The fraction of sp³-hybridized carbons (Fsp3) is 0.100. The topological polar surface area (TPSA) is 37.5 Å². The predicted molar refractivity (Wildman–Crippen MR) is 52.3 cm³/mol. The van der Waals surface area contributed by atoms with Gasteiger partial charge in [-0.15, -0.1) is 0 Å². The Morgan fingerprint density at radius 1 is 1.38 bits per heavy atom. The molecular weight excluding hydrogens is 164 g/mol. The summed E-state index contributed by atoms with van der Waals surface area (Å²) in [5.41, 5.74) is 2.03. The highest BCUT2D eigenvalue weighted by Gasteiger charge is 2.01. The maximum atomic E-state index is 8.43. The van der Waals surface area contributed by atoms with Gasteiger partial charge in [-0.1, -0.05) is 23.4 Å². The summed E-state index contributed by atoms with van der Waals surface area (Å²) >= 11 is 0. The van der Waals surface area contributed by atoms with Crippen LogP contribution in [-0.2, 0) is 7.05 Å². The van der Waals surface area contributed by atoms with Crippen molar-refractivity contribution in [2.24, 2.45) is 12.2 Å². The van der Waals surface area contributed by atoms with E-state index in [1.807, 2.05) is 41.9 Å². The Morgan fingerprint density at radius 3 is 2.85 bits per heavy atom. The molecule has 2 rings (SSSR count). The molecule has 66 valence electrons. The fourth-order valence-corrected chi connectivity index (χ4v) is 1.49. The molecule has 1 aromatic carbocycles. The van der Waals surface area contributed by atoms with Gasteiger partial charge in [0.05, 0.1) is 11.9 Å². The van der Waals surface area contributed by atoms with E-state index in [2.05, 4.69) is 5.16 Å². The second kappa shape index (κ2) is 2.94. The lowest BCUT2D eigenvalue weighted by Gasteiger charge is -1.96. The molecule has 0 aliphatic rings. The van der Waals surface area contributed by atoms with E-state index in [0.717, 1.165) is 16.6 Å². The third-order valence-corrected chi connectivity index (χ3v) is 2.18. The third-order valence-electron chi connectivity index (χ3n) is 2.18. The van der Waals surface area contributed by atoms with Crippen LogP contribution in [0.4, 0.5) is 0 Å². The first kappa shape index (κ1) is 7.86. The maximum absolute atomic E-state index is 8.43. The number of nitrogens with zero attached hydrogens (tertiary/aromatic N) is 2. The van der Waals surface area contributed by atoms with E-state index in [1.54, 1.807) is 0 Å². The van der Waals surface area contributed by atoms with Crippen molar-refractivity contribution in [3.8, 4) is 0 Å². The van der Waals surface area contributed by atoms with Crippen molar-refractivity contribution >= 4 is 17.1 Å². The summed E-state index contributed by atoms with van der Waals surface area (Å²) in [6.07, 6.45) is 1.43. The molecule has 0 unspecified atom stereocenters. The van der Waals surface area contributed by atoms with Gasteiger partial charge in [0.1, 0.15) is 0 Å². The van der Waals surface area contributed by atoms with Gasteiger partial charge < -0.3 is 9.77 Å². The van der Waals surface area contributed by atoms with Crippen molar-refractivity contribution < 1.29 is 5.21 Å². The molecule has 0 saturated heterocycles. The predicted octanol–water partition coefficient (Wildman–Crippen LogP) is 1.99. The number of oxime groups is 1. The first-order chi connectivity index (χ1) is 6.33. The van der Waals surface area contributed by atoms with Gasteiger partial charge in [0.25, 0.3) is 0 Å². The van der Waals surface area contributed by atoms with Gasteiger partial charge >= 0.3 is 0 Å². The minimum absolute atomic E-state index is 0.892. The molecule has 0 spiro atoms. The van der Waals surface area contributed by atoms with E-state index in [0.29, 0.717) is 0 Å². The van der Waals surface area contributed by atoms with E-state index in [1.165, 1.54) is 6.21 Å². The van der Waals surface area contributed by atoms with Gasteiger partial charge in [0.2, 0.25) is 0 Å². The van der Waals surface area contributed by atoms with Gasteiger partial charge in [-0.2, -0.15) is 0 Å². The average Bonchev–Trinajstić information content (AvgIpc) is 2.46. The summed E-state index contributed by atoms with van der Waals surface area (Å²) in [6, 6.07) is 10.0. The molecule has 0 bridgehead atoms. The van der Waals surface area contributed by atoms with Crippen LogP contribution in [-0.4, -0.2) is 16.0 Å². The van der Waals surface area contributed by atoms with Crippen molar-refractivity contribution in [2.45, 2.75) is 0 Å². The number of para-hydroxylation sites is 1. The summed E-state index contributed by atoms with van der Waals surface area (Å²) in [5.74, 6) is 0. The highest BCUT2D eigenvalue weighted by atomic mass is 16.4. The van der Waals surface area contributed by atoms with Crippen molar-refractivity contribution in [2.75, 3.05) is 0 Å². The molecule has 0 aliphatic carbocycles. The molecule has 0 atom stereocenters. The molecule has 0 radical (unpaired) electrons. The van der Waals surface area contributed by atoms with Crippen LogP contribution in [0, 0.1) is 0 Å². The van der Waals surface area contributed by atoms with Crippen molar-refractivity contribution in [3.63, 3.8) is 0 Å². The Hall–Kier alpha value is -1.77. The lowest BCUT2D eigenvalue weighted by Crippen LogP contribution is -1.93. The molecule has 3 nitrogen and oxygen atoms in total. The van der Waals surface area contributed by atoms with Crippen LogP contribution in [0.25, 0.3) is 10.9 Å². The molecule has 2 aromatic rings. The second-order valence-corrected chi connectivity index (χ2v) is 2.93. The number of hydrogen-bond acceptors (Lipinski definition) is 2. The van der Waals surface area contributed by atoms with Crippen LogP contribution in [0.5, 0.6) is 0 Å². The SMILES string of the molecule is Cn1c(/C=N\O)cc2ccccc21. The Kier molecular flexibility index (Phi) is 1.77. The van der Waals surface area contributed by atoms with Crippen LogP contribution in [0.2, 0.25) is 0 Å². The molecule has 1 aromatic heterocycles. The number of benzene rings is 1. The number of fused-ring (bicyclic) bond motifs is 1. The van der Waals surface area contributed by atoms with E-state index >= 15 is 0 Å². The normalized spacial score (nSPS) is 11.5. The zero-order valence-corrected chi connectivity index (χ0v) is 7.31. The first-order valence-corrected chi connectivity index (χ1v) is 4.05. The Bertz CT molecular complexity index is 457. The van der Waals surface area contributed by atoms with E-state index in [9.17, 15) is 0 Å². The van der Waals surface area contributed by atoms with E-state index < -0.39 is 0 Å². The Balaban J connectivity index is 2.73. The molecule has 13 heavy (non-hydrogen) atoms. The van der Waals surface area contributed by atoms with Crippen LogP contribution < -0.4 is 0 Å². The summed E-state index contributed by atoms with van der Waals surface area (Å²) in [7, 11) is 1.94. The summed E-state index contributed by atoms with van der Waals surface area (Å²) in [6.45, 7) is 0. The zero-order chi connectivity index (χ0) is 9.26. The van der Waals surface area contributed by atoms with Gasteiger partial charge in [-0.05, 0) is 12.1 Å².